The maximum absolute atomic E-state index is 13.4. The second kappa shape index (κ2) is 10.1. The summed E-state index contributed by atoms with van der Waals surface area (Å²) in [6.45, 7) is 0.883. The van der Waals surface area contributed by atoms with Crippen LogP contribution >= 0.6 is 11.3 Å². The molecule has 1 amide bonds. The van der Waals surface area contributed by atoms with Gasteiger partial charge in [-0.3, -0.25) is 10.1 Å². The van der Waals surface area contributed by atoms with Crippen molar-refractivity contribution in [2.24, 2.45) is 0 Å². The first-order valence-corrected chi connectivity index (χ1v) is 11.5. The molecule has 2 aromatic carbocycles. The first-order valence-electron chi connectivity index (χ1n) is 10.6. The number of nitrogens with one attached hydrogen (secondary N) is 1. The van der Waals surface area contributed by atoms with Gasteiger partial charge in [-0.1, -0.05) is 18.2 Å². The summed E-state index contributed by atoms with van der Waals surface area (Å²) in [4.78, 5) is 16.3. The number of amides is 1. The Morgan fingerprint density at radius 2 is 2.00 bits per heavy atom. The summed E-state index contributed by atoms with van der Waals surface area (Å²) in [5, 5.41) is 5.40. The molecule has 4 rings (SSSR count). The van der Waals surface area contributed by atoms with Crippen LogP contribution < -0.4 is 14.8 Å². The van der Waals surface area contributed by atoms with Gasteiger partial charge in [-0.05, 0) is 60.2 Å². The van der Waals surface area contributed by atoms with Crippen LogP contribution in [0.3, 0.4) is 0 Å². The zero-order valence-electron chi connectivity index (χ0n) is 18.2. The van der Waals surface area contributed by atoms with Crippen molar-refractivity contribution in [3.8, 4) is 11.5 Å². The molecule has 1 aliphatic heterocycles. The number of rotatable bonds is 8. The average Bonchev–Trinajstić information content (AvgIpc) is 3.52. The molecule has 168 valence electrons. The number of nitrogens with zero attached hydrogens (tertiary/aromatic N) is 1. The molecule has 0 spiro atoms. The third kappa shape index (κ3) is 4.79. The van der Waals surface area contributed by atoms with Crippen molar-refractivity contribution in [2.45, 2.75) is 24.9 Å². The predicted molar refractivity (Wildman–Crippen MR) is 124 cm³/mol. The van der Waals surface area contributed by atoms with Gasteiger partial charge in [-0.25, -0.2) is 4.39 Å². The lowest BCUT2D eigenvalue weighted by molar-refractivity contribution is -0.131. The van der Waals surface area contributed by atoms with Gasteiger partial charge in [0, 0.05) is 17.0 Å². The molecule has 0 radical (unpaired) electrons. The van der Waals surface area contributed by atoms with Crippen molar-refractivity contribution in [3.05, 3.63) is 81.8 Å². The predicted octanol–water partition coefficient (Wildman–Crippen LogP) is 4.95. The molecule has 7 heteroatoms. The minimum atomic E-state index is -0.276. The van der Waals surface area contributed by atoms with Gasteiger partial charge in [0.05, 0.1) is 32.8 Å². The van der Waals surface area contributed by atoms with Crippen molar-refractivity contribution in [3.63, 3.8) is 0 Å². The van der Waals surface area contributed by atoms with E-state index in [4.69, 9.17) is 9.47 Å². The van der Waals surface area contributed by atoms with E-state index < -0.39 is 0 Å². The Balaban J connectivity index is 1.52. The fourth-order valence-corrected chi connectivity index (χ4v) is 5.10. The molecular formula is C25H27FN2O3S. The number of methoxy groups -OCH3 is 2. The number of likely N-dealkylation sites (tertiary alicyclic amines) is 1. The lowest BCUT2D eigenvalue weighted by Crippen LogP contribution is -2.39. The van der Waals surface area contributed by atoms with Crippen LogP contribution in [-0.4, -0.2) is 38.1 Å². The van der Waals surface area contributed by atoms with Crippen LogP contribution in [0.2, 0.25) is 0 Å². The standard InChI is InChI=1S/C25H27FN2O3S/c1-30-19-11-12-22(31-2)20(15-19)21-5-3-13-28(21)24(29)16-27-25(23-6-4-14-32-23)17-7-9-18(26)10-8-17/h4,6-12,14-15,21,25,27H,3,5,13,16H2,1-2H3/t21-,25+/m0/s1. The van der Waals surface area contributed by atoms with Crippen molar-refractivity contribution in [2.75, 3.05) is 27.3 Å². The monoisotopic (exact) mass is 454 g/mol. The van der Waals surface area contributed by atoms with Gasteiger partial charge in [-0.2, -0.15) is 0 Å². The molecule has 2 atom stereocenters. The molecule has 1 aliphatic rings. The smallest absolute Gasteiger partial charge is 0.237 e. The first kappa shape index (κ1) is 22.3. The number of carbonyl (C=O) groups is 1. The van der Waals surface area contributed by atoms with E-state index in [2.05, 4.69) is 5.32 Å². The normalized spacial score (nSPS) is 16.7. The second-order valence-corrected chi connectivity index (χ2v) is 8.71. The number of halogens is 1. The van der Waals surface area contributed by atoms with E-state index in [-0.39, 0.29) is 30.4 Å². The van der Waals surface area contributed by atoms with Crippen LogP contribution in [0.4, 0.5) is 4.39 Å². The minimum Gasteiger partial charge on any atom is -0.497 e. The third-order valence-electron chi connectivity index (χ3n) is 5.86. The summed E-state index contributed by atoms with van der Waals surface area (Å²) >= 11 is 1.61. The number of ether oxygens (including phenoxy) is 2. The second-order valence-electron chi connectivity index (χ2n) is 7.73. The Morgan fingerprint density at radius 1 is 1.19 bits per heavy atom. The minimum absolute atomic E-state index is 0.0287. The zero-order valence-corrected chi connectivity index (χ0v) is 19.0. The molecule has 0 bridgehead atoms. The molecule has 32 heavy (non-hydrogen) atoms. The Bertz CT molecular complexity index is 1040. The van der Waals surface area contributed by atoms with Gasteiger partial charge in [0.1, 0.15) is 17.3 Å². The fraction of sp³-hybridized carbons (Fsp3) is 0.320. The van der Waals surface area contributed by atoms with Gasteiger partial charge >= 0.3 is 0 Å². The van der Waals surface area contributed by atoms with Crippen LogP contribution in [0, 0.1) is 5.82 Å². The molecule has 5 nitrogen and oxygen atoms in total. The quantitative estimate of drug-likeness (QED) is 0.523. The molecule has 1 N–H and O–H groups in total. The SMILES string of the molecule is COc1ccc(OC)c([C@@H]2CCCN2C(=O)CN[C@H](c2ccc(F)cc2)c2cccs2)c1. The Hall–Kier alpha value is -2.90. The highest BCUT2D eigenvalue weighted by atomic mass is 32.1. The van der Waals surface area contributed by atoms with Crippen LogP contribution in [0.15, 0.2) is 60.0 Å². The van der Waals surface area contributed by atoms with Crippen LogP contribution in [0.25, 0.3) is 0 Å². The molecule has 2 heterocycles. The number of benzene rings is 2. The molecule has 0 unspecified atom stereocenters. The summed E-state index contributed by atoms with van der Waals surface area (Å²) in [5.74, 6) is 1.25. The van der Waals surface area contributed by atoms with E-state index in [0.717, 1.165) is 40.3 Å². The van der Waals surface area contributed by atoms with E-state index in [1.165, 1.54) is 12.1 Å². The molecule has 1 saturated heterocycles. The highest BCUT2D eigenvalue weighted by Crippen LogP contribution is 2.39. The largest absolute Gasteiger partial charge is 0.497 e. The Morgan fingerprint density at radius 3 is 2.69 bits per heavy atom. The maximum atomic E-state index is 13.4. The lowest BCUT2D eigenvalue weighted by atomic mass is 10.0. The molecule has 3 aromatic rings. The van der Waals surface area contributed by atoms with Crippen molar-refractivity contribution in [1.82, 2.24) is 10.2 Å². The van der Waals surface area contributed by atoms with E-state index in [9.17, 15) is 9.18 Å². The van der Waals surface area contributed by atoms with Gasteiger partial charge in [0.15, 0.2) is 0 Å². The van der Waals surface area contributed by atoms with E-state index in [0.29, 0.717) is 6.54 Å². The summed E-state index contributed by atoms with van der Waals surface area (Å²) in [7, 11) is 3.27. The van der Waals surface area contributed by atoms with Crippen molar-refractivity contribution in [1.29, 1.82) is 0 Å². The average molecular weight is 455 g/mol. The van der Waals surface area contributed by atoms with Gasteiger partial charge in [0.25, 0.3) is 0 Å². The van der Waals surface area contributed by atoms with Crippen molar-refractivity contribution < 1.29 is 18.7 Å². The van der Waals surface area contributed by atoms with E-state index in [1.54, 1.807) is 37.7 Å². The van der Waals surface area contributed by atoms with Gasteiger partial charge in [-0.15, -0.1) is 11.3 Å². The zero-order chi connectivity index (χ0) is 22.5. The van der Waals surface area contributed by atoms with Crippen LogP contribution in [0.1, 0.15) is 40.9 Å². The lowest BCUT2D eigenvalue weighted by Gasteiger charge is -2.28. The highest BCUT2D eigenvalue weighted by Gasteiger charge is 2.32. The molecule has 0 saturated carbocycles. The van der Waals surface area contributed by atoms with Crippen LogP contribution in [-0.2, 0) is 4.79 Å². The number of hydrogen-bond acceptors (Lipinski definition) is 5. The Kier molecular flexibility index (Phi) is 7.07. The summed E-state index contributed by atoms with van der Waals surface area (Å²) < 4.78 is 24.4. The van der Waals surface area contributed by atoms with Gasteiger partial charge < -0.3 is 14.4 Å². The molecular weight excluding hydrogens is 427 g/mol. The topological polar surface area (TPSA) is 50.8 Å². The van der Waals surface area contributed by atoms with Crippen LogP contribution in [0.5, 0.6) is 11.5 Å². The summed E-state index contributed by atoms with van der Waals surface area (Å²) in [6.07, 6.45) is 1.81. The van der Waals surface area contributed by atoms with E-state index in [1.807, 2.05) is 40.6 Å². The highest BCUT2D eigenvalue weighted by molar-refractivity contribution is 7.10. The molecule has 0 aliphatic carbocycles. The molecule has 1 aromatic heterocycles. The van der Waals surface area contributed by atoms with E-state index >= 15 is 0 Å². The third-order valence-corrected chi connectivity index (χ3v) is 6.79. The number of thiophene rings is 1. The first-order chi connectivity index (χ1) is 15.6. The van der Waals surface area contributed by atoms with Gasteiger partial charge in [0.2, 0.25) is 5.91 Å². The summed E-state index contributed by atoms with van der Waals surface area (Å²) in [6, 6.07) is 15.9. The summed E-state index contributed by atoms with van der Waals surface area (Å²) in [5.41, 5.74) is 1.89. The number of carbonyl (C=O) groups excluding carboxylic acids is 1. The van der Waals surface area contributed by atoms with Crippen molar-refractivity contribution >= 4 is 17.2 Å². The number of hydrogen-bond donors (Lipinski definition) is 1. The fourth-order valence-electron chi connectivity index (χ4n) is 4.27. The molecule has 1 fully saturated rings. The Labute approximate surface area is 191 Å². The maximum Gasteiger partial charge on any atom is 0.237 e.